The molecule has 0 atom stereocenters. The van der Waals surface area contributed by atoms with Crippen LogP contribution < -0.4 is 4.90 Å². The van der Waals surface area contributed by atoms with Gasteiger partial charge in [0, 0.05) is 44.0 Å². The predicted octanol–water partition coefficient (Wildman–Crippen LogP) is 11.2. The van der Waals surface area contributed by atoms with E-state index >= 15 is 0 Å². The molecule has 192 valence electrons. The molecule has 0 saturated heterocycles. The highest BCUT2D eigenvalue weighted by Gasteiger charge is 2.37. The van der Waals surface area contributed by atoms with Crippen molar-refractivity contribution in [2.75, 3.05) is 4.90 Å². The molecule has 0 bridgehead atoms. The van der Waals surface area contributed by atoms with Crippen LogP contribution in [0.3, 0.4) is 0 Å². The Balaban J connectivity index is 1.45. The Hall–Kier alpha value is -4.53. The van der Waals surface area contributed by atoms with E-state index in [-0.39, 0.29) is 5.41 Å². The minimum atomic E-state index is -0.0858. The third-order valence-corrected chi connectivity index (χ3v) is 8.70. The van der Waals surface area contributed by atoms with Gasteiger partial charge >= 0.3 is 0 Å². The van der Waals surface area contributed by atoms with E-state index in [0.717, 1.165) is 39.0 Å². The molecule has 0 N–H and O–H groups in total. The number of rotatable bonds is 3. The van der Waals surface area contributed by atoms with Crippen molar-refractivity contribution in [1.29, 1.82) is 0 Å². The maximum Gasteiger partial charge on any atom is 0.136 e. The van der Waals surface area contributed by atoms with Gasteiger partial charge in [-0.25, -0.2) is 0 Å². The van der Waals surface area contributed by atoms with Gasteiger partial charge in [0.2, 0.25) is 0 Å². The van der Waals surface area contributed by atoms with Crippen molar-refractivity contribution in [2.24, 2.45) is 0 Å². The second-order valence-corrected chi connectivity index (χ2v) is 11.6. The quantitative estimate of drug-likeness (QED) is 0.224. The van der Waals surface area contributed by atoms with E-state index in [2.05, 4.69) is 122 Å². The van der Waals surface area contributed by atoms with Crippen LogP contribution in [0.2, 0.25) is 5.02 Å². The topological polar surface area (TPSA) is 16.4 Å². The Morgan fingerprint density at radius 1 is 0.575 bits per heavy atom. The number of benzene rings is 6. The lowest BCUT2D eigenvalue weighted by Gasteiger charge is -2.29. The summed E-state index contributed by atoms with van der Waals surface area (Å²) in [6, 6.07) is 43.0. The van der Waals surface area contributed by atoms with E-state index in [1.54, 1.807) is 0 Å². The lowest BCUT2D eigenvalue weighted by atomic mass is 9.80. The normalized spacial score (nSPS) is 13.6. The number of anilines is 3. The van der Waals surface area contributed by atoms with Crippen LogP contribution >= 0.6 is 11.6 Å². The van der Waals surface area contributed by atoms with E-state index in [9.17, 15) is 0 Å². The maximum atomic E-state index is 6.28. The Kier molecular flexibility index (Phi) is 4.96. The van der Waals surface area contributed by atoms with Crippen molar-refractivity contribution in [2.45, 2.75) is 19.3 Å². The molecule has 3 heteroatoms. The molecule has 1 aliphatic carbocycles. The molecular formula is C37H26ClNO. The Morgan fingerprint density at radius 3 is 2.17 bits per heavy atom. The fraction of sp³-hybridized carbons (Fsp3) is 0.0811. The standard InChI is InChI=1S/C37H26ClNO/c1-37(2)32-15-9-8-12-26(32)31-22-33(27-13-6-7-14-29(27)36(31)37)39(24-10-4-3-5-11-24)25-17-19-34-30(21-25)28-18-16-23(38)20-35(28)40-34/h3-22H,1-2H3. The molecule has 8 rings (SSSR count). The first-order valence-electron chi connectivity index (χ1n) is 13.6. The van der Waals surface area contributed by atoms with Gasteiger partial charge in [-0.15, -0.1) is 0 Å². The summed E-state index contributed by atoms with van der Waals surface area (Å²) in [6.45, 7) is 4.70. The zero-order chi connectivity index (χ0) is 27.0. The number of para-hydroxylation sites is 1. The summed E-state index contributed by atoms with van der Waals surface area (Å²) in [7, 11) is 0. The molecule has 0 fully saturated rings. The minimum Gasteiger partial charge on any atom is -0.456 e. The smallest absolute Gasteiger partial charge is 0.136 e. The van der Waals surface area contributed by atoms with Crippen molar-refractivity contribution in [3.63, 3.8) is 0 Å². The molecule has 40 heavy (non-hydrogen) atoms. The number of nitrogens with zero attached hydrogens (tertiary/aromatic N) is 1. The lowest BCUT2D eigenvalue weighted by molar-refractivity contribution is 0.666. The number of halogens is 1. The molecular weight excluding hydrogens is 510 g/mol. The van der Waals surface area contributed by atoms with Crippen LogP contribution in [0, 0.1) is 0 Å². The van der Waals surface area contributed by atoms with E-state index in [0.29, 0.717) is 5.02 Å². The molecule has 2 nitrogen and oxygen atoms in total. The molecule has 7 aromatic rings. The van der Waals surface area contributed by atoms with Gasteiger partial charge in [0.15, 0.2) is 0 Å². The molecule has 0 radical (unpaired) electrons. The van der Waals surface area contributed by atoms with Crippen molar-refractivity contribution in [3.05, 3.63) is 137 Å². The first kappa shape index (κ1) is 23.4. The molecule has 1 aliphatic rings. The van der Waals surface area contributed by atoms with Crippen LogP contribution in [-0.4, -0.2) is 0 Å². The SMILES string of the molecule is CC1(C)c2ccccc2-c2cc(N(c3ccccc3)c3ccc4oc5cc(Cl)ccc5c4c3)c3ccccc3c21. The molecule has 0 aliphatic heterocycles. The van der Waals surface area contributed by atoms with Gasteiger partial charge in [-0.1, -0.05) is 92.2 Å². The Morgan fingerprint density at radius 2 is 1.32 bits per heavy atom. The summed E-state index contributed by atoms with van der Waals surface area (Å²) in [4.78, 5) is 2.38. The monoisotopic (exact) mass is 535 g/mol. The molecule has 6 aromatic carbocycles. The summed E-state index contributed by atoms with van der Waals surface area (Å²) in [5.41, 5.74) is 10.3. The van der Waals surface area contributed by atoms with Gasteiger partial charge in [0.05, 0.1) is 5.69 Å². The molecule has 1 heterocycles. The number of fused-ring (bicyclic) bond motifs is 8. The first-order valence-corrected chi connectivity index (χ1v) is 14.0. The highest BCUT2D eigenvalue weighted by Crippen LogP contribution is 2.54. The fourth-order valence-electron chi connectivity index (χ4n) is 6.71. The maximum absolute atomic E-state index is 6.28. The van der Waals surface area contributed by atoms with E-state index in [1.165, 1.54) is 33.0 Å². The van der Waals surface area contributed by atoms with E-state index < -0.39 is 0 Å². The molecule has 0 unspecified atom stereocenters. The number of furan rings is 1. The van der Waals surface area contributed by atoms with Gasteiger partial charge in [0.25, 0.3) is 0 Å². The van der Waals surface area contributed by atoms with E-state index in [4.69, 9.17) is 16.0 Å². The van der Waals surface area contributed by atoms with Gasteiger partial charge in [-0.2, -0.15) is 0 Å². The first-order chi connectivity index (χ1) is 19.5. The lowest BCUT2D eigenvalue weighted by Crippen LogP contribution is -2.16. The third kappa shape index (κ3) is 3.30. The zero-order valence-electron chi connectivity index (χ0n) is 22.3. The van der Waals surface area contributed by atoms with Crippen LogP contribution in [0.1, 0.15) is 25.0 Å². The summed E-state index contributed by atoms with van der Waals surface area (Å²) in [5, 5.41) is 5.33. The van der Waals surface area contributed by atoms with Crippen LogP contribution in [0.5, 0.6) is 0 Å². The minimum absolute atomic E-state index is 0.0858. The summed E-state index contributed by atoms with van der Waals surface area (Å²) in [6.07, 6.45) is 0. The van der Waals surface area contributed by atoms with Crippen molar-refractivity contribution in [1.82, 2.24) is 0 Å². The van der Waals surface area contributed by atoms with Crippen LogP contribution in [0.4, 0.5) is 17.1 Å². The van der Waals surface area contributed by atoms with Gasteiger partial charge in [0.1, 0.15) is 11.2 Å². The second kappa shape index (κ2) is 8.48. The van der Waals surface area contributed by atoms with Crippen LogP contribution in [-0.2, 0) is 5.41 Å². The third-order valence-electron chi connectivity index (χ3n) is 8.47. The largest absolute Gasteiger partial charge is 0.456 e. The molecule has 0 saturated carbocycles. The average molecular weight is 536 g/mol. The Labute approximate surface area is 238 Å². The number of hydrogen-bond donors (Lipinski definition) is 0. The molecule has 0 spiro atoms. The van der Waals surface area contributed by atoms with Crippen LogP contribution in [0.25, 0.3) is 43.8 Å². The van der Waals surface area contributed by atoms with Crippen molar-refractivity contribution in [3.8, 4) is 11.1 Å². The second-order valence-electron chi connectivity index (χ2n) is 11.1. The number of hydrogen-bond acceptors (Lipinski definition) is 2. The summed E-state index contributed by atoms with van der Waals surface area (Å²) in [5.74, 6) is 0. The predicted molar refractivity (Wildman–Crippen MR) is 168 cm³/mol. The summed E-state index contributed by atoms with van der Waals surface area (Å²) < 4.78 is 6.17. The molecule has 1 aromatic heterocycles. The Bertz CT molecular complexity index is 2110. The van der Waals surface area contributed by atoms with Crippen LogP contribution in [0.15, 0.2) is 126 Å². The average Bonchev–Trinajstić information content (AvgIpc) is 3.45. The van der Waals surface area contributed by atoms with Gasteiger partial charge in [-0.3, -0.25) is 0 Å². The highest BCUT2D eigenvalue weighted by molar-refractivity contribution is 6.31. The van der Waals surface area contributed by atoms with Gasteiger partial charge in [-0.05, 0) is 76.2 Å². The summed E-state index contributed by atoms with van der Waals surface area (Å²) >= 11 is 6.28. The van der Waals surface area contributed by atoms with Gasteiger partial charge < -0.3 is 9.32 Å². The highest BCUT2D eigenvalue weighted by atomic mass is 35.5. The van der Waals surface area contributed by atoms with Crippen molar-refractivity contribution >= 4 is 61.4 Å². The zero-order valence-corrected chi connectivity index (χ0v) is 23.0. The molecule has 0 amide bonds. The van der Waals surface area contributed by atoms with E-state index in [1.807, 2.05) is 18.2 Å². The fourth-order valence-corrected chi connectivity index (χ4v) is 6.87. The van der Waals surface area contributed by atoms with Crippen molar-refractivity contribution < 1.29 is 4.42 Å².